The summed E-state index contributed by atoms with van der Waals surface area (Å²) in [7, 11) is 1.76. The second kappa shape index (κ2) is 10.7. The first-order valence-corrected chi connectivity index (χ1v) is 12.6. The summed E-state index contributed by atoms with van der Waals surface area (Å²) < 4.78 is 0. The van der Waals surface area contributed by atoms with Crippen molar-refractivity contribution in [2.24, 2.45) is 10.9 Å². The number of carbonyl (C=O) groups excluding carboxylic acids is 2. The molecule has 3 amide bonds. The van der Waals surface area contributed by atoms with Crippen molar-refractivity contribution in [1.29, 1.82) is 0 Å². The third kappa shape index (κ3) is 5.94. The number of aliphatic imine (C=N–C) groups is 1. The minimum atomic E-state index is -0.100. The smallest absolute Gasteiger partial charge is 0.317 e. The molecule has 0 spiro atoms. The third-order valence-electron chi connectivity index (χ3n) is 7.40. The van der Waals surface area contributed by atoms with Crippen molar-refractivity contribution in [1.82, 2.24) is 20.9 Å². The largest absolute Gasteiger partial charge is 0.347 e. The molecule has 3 aliphatic rings. The van der Waals surface area contributed by atoms with Crippen molar-refractivity contribution in [2.75, 3.05) is 20.1 Å². The van der Waals surface area contributed by atoms with E-state index in [1.165, 1.54) is 17.5 Å². The topological polar surface area (TPSA) is 85.8 Å². The van der Waals surface area contributed by atoms with Gasteiger partial charge in [0.1, 0.15) is 0 Å². The average molecular weight is 454 g/mol. The Morgan fingerprint density at radius 1 is 1.12 bits per heavy atom. The molecule has 180 valence electrons. The number of fused-ring (bicyclic) bond motifs is 2. The highest BCUT2D eigenvalue weighted by Gasteiger charge is 2.42. The van der Waals surface area contributed by atoms with Gasteiger partial charge in [-0.05, 0) is 75.3 Å². The van der Waals surface area contributed by atoms with Gasteiger partial charge in [0.15, 0.2) is 0 Å². The van der Waals surface area contributed by atoms with E-state index in [-0.39, 0.29) is 30.1 Å². The van der Waals surface area contributed by atoms with Gasteiger partial charge in [-0.25, -0.2) is 4.79 Å². The van der Waals surface area contributed by atoms with Gasteiger partial charge < -0.3 is 20.9 Å². The molecule has 1 aromatic rings. The Kier molecular flexibility index (Phi) is 7.68. The molecule has 0 aromatic heterocycles. The van der Waals surface area contributed by atoms with Crippen molar-refractivity contribution < 1.29 is 9.59 Å². The number of hydrogen-bond donors (Lipinski definition) is 3. The zero-order valence-corrected chi connectivity index (χ0v) is 20.2. The van der Waals surface area contributed by atoms with Crippen molar-refractivity contribution >= 4 is 18.2 Å². The fourth-order valence-corrected chi connectivity index (χ4v) is 5.68. The number of amides is 3. The van der Waals surface area contributed by atoms with E-state index in [1.54, 1.807) is 7.05 Å². The van der Waals surface area contributed by atoms with Crippen LogP contribution in [0.5, 0.6) is 0 Å². The highest BCUT2D eigenvalue weighted by Crippen LogP contribution is 2.35. The van der Waals surface area contributed by atoms with E-state index in [1.807, 2.05) is 25.0 Å². The van der Waals surface area contributed by atoms with Crippen molar-refractivity contribution in [3.63, 3.8) is 0 Å². The summed E-state index contributed by atoms with van der Waals surface area (Å²) in [6, 6.07) is 9.35. The summed E-state index contributed by atoms with van der Waals surface area (Å²) in [5, 5.41) is 9.67. The van der Waals surface area contributed by atoms with Crippen LogP contribution in [0.15, 0.2) is 29.3 Å². The number of piperidine rings is 2. The van der Waals surface area contributed by atoms with Gasteiger partial charge in [-0.2, -0.15) is 0 Å². The summed E-state index contributed by atoms with van der Waals surface area (Å²) in [5.41, 5.74) is 2.53. The lowest BCUT2D eigenvalue weighted by molar-refractivity contribution is -0.124. The van der Waals surface area contributed by atoms with Crippen LogP contribution in [0, 0.1) is 5.92 Å². The molecule has 0 unspecified atom stereocenters. The van der Waals surface area contributed by atoms with Gasteiger partial charge in [0.05, 0.1) is 12.1 Å². The molecule has 1 aliphatic carbocycles. The van der Waals surface area contributed by atoms with Crippen LogP contribution in [-0.2, 0) is 11.2 Å². The van der Waals surface area contributed by atoms with Gasteiger partial charge >= 0.3 is 6.03 Å². The summed E-state index contributed by atoms with van der Waals surface area (Å²) in [4.78, 5) is 31.2. The molecule has 2 heterocycles. The van der Waals surface area contributed by atoms with Gasteiger partial charge in [-0.15, -0.1) is 0 Å². The molecule has 2 saturated heterocycles. The second-order valence-corrected chi connectivity index (χ2v) is 10.2. The van der Waals surface area contributed by atoms with Crippen LogP contribution < -0.4 is 16.0 Å². The van der Waals surface area contributed by atoms with Crippen LogP contribution in [0.1, 0.15) is 63.0 Å². The normalized spacial score (nSPS) is 26.2. The molecule has 0 radical (unpaired) electrons. The molecule has 7 heteroatoms. The fourth-order valence-electron chi connectivity index (χ4n) is 5.68. The number of hydrogen-bond acceptors (Lipinski definition) is 4. The SMILES string of the molecule is C/N=C/[C@H](Cc1ccc(C2CCN(C(=O)NC(C)C)CC2)cc1)NC(=O)[C@H]1N[C@@H]2CC[C@H]1C2. The quantitative estimate of drug-likeness (QED) is 0.555. The van der Waals surface area contributed by atoms with Crippen LogP contribution in [0.4, 0.5) is 4.79 Å². The lowest BCUT2D eigenvalue weighted by Crippen LogP contribution is -2.51. The zero-order valence-electron chi connectivity index (χ0n) is 20.2. The van der Waals surface area contributed by atoms with E-state index in [2.05, 4.69) is 45.2 Å². The predicted octanol–water partition coefficient (Wildman–Crippen LogP) is 2.85. The summed E-state index contributed by atoms with van der Waals surface area (Å²) >= 11 is 0. The highest BCUT2D eigenvalue weighted by molar-refractivity contribution is 5.86. The van der Waals surface area contributed by atoms with E-state index >= 15 is 0 Å². The van der Waals surface area contributed by atoms with Crippen LogP contribution in [0.2, 0.25) is 0 Å². The lowest BCUT2D eigenvalue weighted by Gasteiger charge is -2.32. The molecular weight excluding hydrogens is 414 g/mol. The molecule has 4 rings (SSSR count). The third-order valence-corrected chi connectivity index (χ3v) is 7.40. The predicted molar refractivity (Wildman–Crippen MR) is 132 cm³/mol. The van der Waals surface area contributed by atoms with Gasteiger partial charge in [0, 0.05) is 38.4 Å². The maximum Gasteiger partial charge on any atom is 0.317 e. The molecule has 33 heavy (non-hydrogen) atoms. The van der Waals surface area contributed by atoms with Crippen molar-refractivity contribution in [3.05, 3.63) is 35.4 Å². The van der Waals surface area contributed by atoms with E-state index in [0.29, 0.717) is 17.9 Å². The molecule has 1 saturated carbocycles. The van der Waals surface area contributed by atoms with Gasteiger partial charge in [-0.3, -0.25) is 9.79 Å². The minimum Gasteiger partial charge on any atom is -0.347 e. The van der Waals surface area contributed by atoms with Gasteiger partial charge in [-0.1, -0.05) is 24.3 Å². The molecule has 4 atom stereocenters. The van der Waals surface area contributed by atoms with Crippen LogP contribution in [0.3, 0.4) is 0 Å². The Bertz CT molecular complexity index is 845. The highest BCUT2D eigenvalue weighted by atomic mass is 16.2. The summed E-state index contributed by atoms with van der Waals surface area (Å²) in [5.74, 6) is 1.08. The lowest BCUT2D eigenvalue weighted by atomic mass is 9.88. The Hall–Kier alpha value is -2.41. The molecule has 2 bridgehead atoms. The molecule has 3 N–H and O–H groups in total. The Balaban J connectivity index is 1.29. The van der Waals surface area contributed by atoms with Gasteiger partial charge in [0.25, 0.3) is 0 Å². The van der Waals surface area contributed by atoms with Crippen LogP contribution in [-0.4, -0.2) is 67.4 Å². The summed E-state index contributed by atoms with van der Waals surface area (Å²) in [6.07, 6.45) is 8.05. The zero-order chi connectivity index (χ0) is 23.4. The number of rotatable bonds is 7. The van der Waals surface area contributed by atoms with Crippen LogP contribution in [0.25, 0.3) is 0 Å². The van der Waals surface area contributed by atoms with Crippen molar-refractivity contribution in [3.8, 4) is 0 Å². The number of nitrogens with zero attached hydrogens (tertiary/aromatic N) is 2. The van der Waals surface area contributed by atoms with Gasteiger partial charge in [0.2, 0.25) is 5.91 Å². The molecule has 1 aromatic carbocycles. The first-order chi connectivity index (χ1) is 15.9. The first-order valence-electron chi connectivity index (χ1n) is 12.6. The standard InChI is InChI=1S/C26H39N5O2/c1-17(2)28-26(33)31-12-10-20(11-13-31)19-6-4-18(5-7-19)14-23(16-27-3)30-25(32)24-21-8-9-22(15-21)29-24/h4-7,16-17,20-24,29H,8-15H2,1-3H3,(H,28,33)(H,30,32)/b27-16+/t21-,22+,23-,24-/m0/s1. The number of carbonyl (C=O) groups is 2. The maximum absolute atomic E-state index is 12.8. The van der Waals surface area contributed by atoms with E-state index in [9.17, 15) is 9.59 Å². The first kappa shape index (κ1) is 23.7. The average Bonchev–Trinajstić information content (AvgIpc) is 3.43. The maximum atomic E-state index is 12.8. The van der Waals surface area contributed by atoms with Crippen molar-refractivity contribution in [2.45, 2.75) is 82.5 Å². The monoisotopic (exact) mass is 453 g/mol. The number of urea groups is 1. The van der Waals surface area contributed by atoms with E-state index in [4.69, 9.17) is 0 Å². The molecular formula is C26H39N5O2. The summed E-state index contributed by atoms with van der Waals surface area (Å²) in [6.45, 7) is 5.57. The van der Waals surface area contributed by atoms with E-state index < -0.39 is 0 Å². The minimum absolute atomic E-state index is 0.0464. The Morgan fingerprint density at radius 2 is 1.85 bits per heavy atom. The second-order valence-electron chi connectivity index (χ2n) is 10.2. The molecule has 7 nitrogen and oxygen atoms in total. The Morgan fingerprint density at radius 3 is 2.42 bits per heavy atom. The van der Waals surface area contributed by atoms with Crippen LogP contribution >= 0.6 is 0 Å². The molecule has 3 fully saturated rings. The molecule has 2 aliphatic heterocycles. The number of likely N-dealkylation sites (tertiary alicyclic amines) is 1. The fraction of sp³-hybridized carbons (Fsp3) is 0.654. The Labute approximate surface area is 197 Å². The number of benzene rings is 1. The number of nitrogens with one attached hydrogen (secondary N) is 3. The van der Waals surface area contributed by atoms with E-state index in [0.717, 1.165) is 45.2 Å².